The van der Waals surface area contributed by atoms with Gasteiger partial charge in [-0.15, -0.1) is 0 Å². The Morgan fingerprint density at radius 3 is 2.39 bits per heavy atom. The van der Waals surface area contributed by atoms with Gasteiger partial charge in [0.15, 0.2) is 0 Å². The number of hydrogen-bond acceptors (Lipinski definition) is 5. The lowest BCUT2D eigenvalue weighted by Gasteiger charge is -2.23. The van der Waals surface area contributed by atoms with Gasteiger partial charge in [0.05, 0.1) is 10.9 Å². The molecular weight excluding hydrogens is 390 g/mol. The molecule has 0 unspecified atom stereocenters. The van der Waals surface area contributed by atoms with Crippen LogP contribution in [0.5, 0.6) is 0 Å². The average molecular weight is 415 g/mol. The number of hydrogen-bond donors (Lipinski definition) is 1. The molecule has 2 N–H and O–H groups in total. The molecule has 158 valence electrons. The van der Waals surface area contributed by atoms with Gasteiger partial charge in [-0.05, 0) is 48.6 Å². The molecule has 1 fully saturated rings. The average Bonchev–Trinajstić information content (AvgIpc) is 3.48. The summed E-state index contributed by atoms with van der Waals surface area (Å²) >= 11 is 0. The molecule has 7 nitrogen and oxygen atoms in total. The van der Waals surface area contributed by atoms with Gasteiger partial charge in [0, 0.05) is 32.1 Å². The molecule has 0 spiro atoms. The molecule has 0 bridgehead atoms. The molecule has 1 aliphatic carbocycles. The summed E-state index contributed by atoms with van der Waals surface area (Å²) in [5, 5.41) is 0.644. The standard InChI is InChI=1S/C24H25N5O2/c1-3-28(2)22(31)24(10-11-24)17-8-9-19-18(12-17)20(27-23(25)26-19)21(30)29-13-15-6-4-5-7-16(15)14-29/h4-9,12H,3,10-11,13-14H2,1-2H3,(H2,25,26,27). The van der Waals surface area contributed by atoms with E-state index in [0.29, 0.717) is 36.2 Å². The van der Waals surface area contributed by atoms with Crippen molar-refractivity contribution in [3.05, 3.63) is 64.8 Å². The van der Waals surface area contributed by atoms with E-state index in [9.17, 15) is 9.59 Å². The lowest BCUT2D eigenvalue weighted by Crippen LogP contribution is -2.36. The summed E-state index contributed by atoms with van der Waals surface area (Å²) in [6, 6.07) is 13.7. The third-order valence-electron chi connectivity index (χ3n) is 6.58. The smallest absolute Gasteiger partial charge is 0.273 e. The predicted octanol–water partition coefficient (Wildman–Crippen LogP) is 2.88. The first-order valence-electron chi connectivity index (χ1n) is 10.6. The van der Waals surface area contributed by atoms with Gasteiger partial charge in [-0.25, -0.2) is 9.97 Å². The molecule has 2 aromatic carbocycles. The fraction of sp³-hybridized carbons (Fsp3) is 0.333. The van der Waals surface area contributed by atoms with Crippen LogP contribution < -0.4 is 5.73 Å². The molecule has 2 heterocycles. The molecule has 2 aliphatic rings. The van der Waals surface area contributed by atoms with Crippen molar-refractivity contribution >= 4 is 28.7 Å². The normalized spacial score (nSPS) is 16.3. The Balaban J connectivity index is 1.55. The highest BCUT2D eigenvalue weighted by Gasteiger charge is 2.52. The third-order valence-corrected chi connectivity index (χ3v) is 6.58. The number of rotatable bonds is 4. The summed E-state index contributed by atoms with van der Waals surface area (Å²) in [6.45, 7) is 3.72. The lowest BCUT2D eigenvalue weighted by molar-refractivity contribution is -0.132. The van der Waals surface area contributed by atoms with Crippen LogP contribution in [0.15, 0.2) is 42.5 Å². The second-order valence-electron chi connectivity index (χ2n) is 8.49. The SMILES string of the molecule is CCN(C)C(=O)C1(c2ccc3nc(N)nc(C(=O)N4Cc5ccccc5C4)c3c2)CC1. The largest absolute Gasteiger partial charge is 0.368 e. The van der Waals surface area contributed by atoms with Gasteiger partial charge in [-0.3, -0.25) is 9.59 Å². The minimum atomic E-state index is -0.509. The molecule has 0 saturated heterocycles. The molecule has 1 aromatic heterocycles. The fourth-order valence-electron chi connectivity index (χ4n) is 4.49. The van der Waals surface area contributed by atoms with Crippen LogP contribution in [0.2, 0.25) is 0 Å². The van der Waals surface area contributed by atoms with Gasteiger partial charge in [0.2, 0.25) is 11.9 Å². The van der Waals surface area contributed by atoms with E-state index < -0.39 is 5.41 Å². The van der Waals surface area contributed by atoms with E-state index in [0.717, 1.165) is 29.5 Å². The monoisotopic (exact) mass is 415 g/mol. The van der Waals surface area contributed by atoms with Crippen LogP contribution in [0.4, 0.5) is 5.95 Å². The number of carbonyl (C=O) groups is 2. The van der Waals surface area contributed by atoms with E-state index in [1.807, 2.05) is 56.4 Å². The first-order valence-corrected chi connectivity index (χ1v) is 10.6. The number of nitrogens with two attached hydrogens (primary N) is 1. The highest BCUT2D eigenvalue weighted by atomic mass is 16.2. The molecule has 5 rings (SSSR count). The number of fused-ring (bicyclic) bond motifs is 2. The van der Waals surface area contributed by atoms with Crippen molar-refractivity contribution in [3.8, 4) is 0 Å². The molecular formula is C24H25N5O2. The van der Waals surface area contributed by atoms with Gasteiger partial charge in [0.1, 0.15) is 5.69 Å². The summed E-state index contributed by atoms with van der Waals surface area (Å²) in [7, 11) is 1.83. The van der Waals surface area contributed by atoms with Crippen molar-refractivity contribution in [2.24, 2.45) is 0 Å². The minimum Gasteiger partial charge on any atom is -0.368 e. The number of carbonyl (C=O) groups excluding carboxylic acids is 2. The summed E-state index contributed by atoms with van der Waals surface area (Å²) in [5.74, 6) is 0.0196. The number of nitrogen functional groups attached to an aromatic ring is 1. The fourth-order valence-corrected chi connectivity index (χ4v) is 4.49. The molecule has 0 radical (unpaired) electrons. The second-order valence-corrected chi connectivity index (χ2v) is 8.49. The second kappa shape index (κ2) is 7.04. The number of nitrogens with zero attached hydrogens (tertiary/aromatic N) is 4. The zero-order chi connectivity index (χ0) is 21.8. The molecule has 31 heavy (non-hydrogen) atoms. The van der Waals surface area contributed by atoms with E-state index in [1.165, 1.54) is 0 Å². The summed E-state index contributed by atoms with van der Waals surface area (Å²) < 4.78 is 0. The predicted molar refractivity (Wildman–Crippen MR) is 118 cm³/mol. The van der Waals surface area contributed by atoms with Gasteiger partial charge in [-0.2, -0.15) is 0 Å². The number of aromatic nitrogens is 2. The first-order chi connectivity index (χ1) is 14.9. The number of amides is 2. The van der Waals surface area contributed by atoms with Crippen molar-refractivity contribution in [1.82, 2.24) is 19.8 Å². The highest BCUT2D eigenvalue weighted by molar-refractivity contribution is 6.05. The molecule has 3 aromatic rings. The van der Waals surface area contributed by atoms with Crippen LogP contribution in [0.25, 0.3) is 10.9 Å². The quantitative estimate of drug-likeness (QED) is 0.707. The van der Waals surface area contributed by atoms with Crippen LogP contribution in [-0.4, -0.2) is 45.2 Å². The Morgan fingerprint density at radius 1 is 1.10 bits per heavy atom. The summed E-state index contributed by atoms with van der Waals surface area (Å²) in [4.78, 5) is 38.6. The first kappa shape index (κ1) is 19.5. The molecule has 1 saturated carbocycles. The molecule has 2 amide bonds. The number of anilines is 1. The maximum Gasteiger partial charge on any atom is 0.273 e. The van der Waals surface area contributed by atoms with E-state index in [1.54, 1.807) is 9.80 Å². The zero-order valence-electron chi connectivity index (χ0n) is 17.8. The minimum absolute atomic E-state index is 0.0724. The van der Waals surface area contributed by atoms with E-state index >= 15 is 0 Å². The van der Waals surface area contributed by atoms with Crippen molar-refractivity contribution in [1.29, 1.82) is 0 Å². The van der Waals surface area contributed by atoms with Gasteiger partial charge < -0.3 is 15.5 Å². The Labute approximate surface area is 180 Å². The van der Waals surface area contributed by atoms with Gasteiger partial charge in [0.25, 0.3) is 5.91 Å². The van der Waals surface area contributed by atoms with Gasteiger partial charge >= 0.3 is 0 Å². The number of likely N-dealkylation sites (N-methyl/N-ethyl adjacent to an activating group) is 1. The summed E-state index contributed by atoms with van der Waals surface area (Å²) in [6.07, 6.45) is 1.62. The van der Waals surface area contributed by atoms with E-state index in [2.05, 4.69) is 9.97 Å². The van der Waals surface area contributed by atoms with Gasteiger partial charge in [-0.1, -0.05) is 30.3 Å². The number of benzene rings is 2. The highest BCUT2D eigenvalue weighted by Crippen LogP contribution is 2.50. The topological polar surface area (TPSA) is 92.4 Å². The van der Waals surface area contributed by atoms with Crippen LogP contribution in [0.1, 0.15) is 46.9 Å². The Morgan fingerprint density at radius 2 is 1.77 bits per heavy atom. The van der Waals surface area contributed by atoms with Crippen molar-refractivity contribution in [2.75, 3.05) is 19.3 Å². The van der Waals surface area contributed by atoms with Crippen LogP contribution in [0.3, 0.4) is 0 Å². The maximum atomic E-state index is 13.5. The lowest BCUT2D eigenvalue weighted by atomic mass is 9.92. The molecule has 1 aliphatic heterocycles. The summed E-state index contributed by atoms with van der Waals surface area (Å²) in [5.41, 5.74) is 9.54. The van der Waals surface area contributed by atoms with Crippen molar-refractivity contribution in [2.45, 2.75) is 38.3 Å². The van der Waals surface area contributed by atoms with Crippen LogP contribution in [-0.2, 0) is 23.3 Å². The molecule has 7 heteroatoms. The van der Waals surface area contributed by atoms with Crippen molar-refractivity contribution < 1.29 is 9.59 Å². The zero-order valence-corrected chi connectivity index (χ0v) is 17.8. The Bertz CT molecular complexity index is 1190. The Hall–Kier alpha value is -3.48. The maximum absolute atomic E-state index is 13.5. The van der Waals surface area contributed by atoms with E-state index in [-0.39, 0.29) is 17.8 Å². The van der Waals surface area contributed by atoms with Crippen LogP contribution >= 0.6 is 0 Å². The Kier molecular flexibility index (Phi) is 4.43. The van der Waals surface area contributed by atoms with Crippen molar-refractivity contribution in [3.63, 3.8) is 0 Å². The van der Waals surface area contributed by atoms with E-state index in [4.69, 9.17) is 5.73 Å². The third kappa shape index (κ3) is 3.12. The molecule has 0 atom stereocenters. The van der Waals surface area contributed by atoms with Crippen LogP contribution in [0, 0.1) is 0 Å².